The average molecular weight is 303 g/mol. The number of aliphatic hydroxyl groups is 2. The smallest absolute Gasteiger partial charge is 0.338 e. The fourth-order valence-corrected chi connectivity index (χ4v) is 1.87. The zero-order valence-electron chi connectivity index (χ0n) is 10.7. The molecular weight excluding hydrogens is 288 g/mol. The molecule has 110 valence electrons. The van der Waals surface area contributed by atoms with Crippen molar-refractivity contribution in [1.82, 2.24) is 0 Å². The van der Waals surface area contributed by atoms with E-state index in [2.05, 4.69) is 4.74 Å². The Labute approximate surface area is 120 Å². The van der Waals surface area contributed by atoms with Crippen molar-refractivity contribution in [2.75, 3.05) is 6.61 Å². The van der Waals surface area contributed by atoms with Crippen LogP contribution in [0.1, 0.15) is 24.2 Å². The summed E-state index contributed by atoms with van der Waals surface area (Å²) in [5, 5.41) is 28.8. The van der Waals surface area contributed by atoms with Crippen molar-refractivity contribution in [3.63, 3.8) is 0 Å². The molecule has 0 fully saturated rings. The highest BCUT2D eigenvalue weighted by molar-refractivity contribution is 6.30. The Balaban J connectivity index is 3.06. The number of esters is 1. The molecule has 20 heavy (non-hydrogen) atoms. The van der Waals surface area contributed by atoms with Crippen LogP contribution in [0.2, 0.25) is 5.02 Å². The molecule has 1 rings (SSSR count). The van der Waals surface area contributed by atoms with Crippen LogP contribution in [0, 0.1) is 0 Å². The van der Waals surface area contributed by atoms with Crippen molar-refractivity contribution in [1.29, 1.82) is 0 Å². The van der Waals surface area contributed by atoms with Crippen LogP contribution in [-0.4, -0.2) is 40.0 Å². The van der Waals surface area contributed by atoms with Gasteiger partial charge >= 0.3 is 11.9 Å². The molecule has 0 amide bonds. The summed E-state index contributed by atoms with van der Waals surface area (Å²) < 4.78 is 4.60. The van der Waals surface area contributed by atoms with Gasteiger partial charge in [-0.05, 0) is 30.2 Å². The lowest BCUT2D eigenvalue weighted by Gasteiger charge is -2.19. The molecular formula is C13H15ClO6. The number of carbonyl (C=O) groups excluding carboxylic acids is 1. The summed E-state index contributed by atoms with van der Waals surface area (Å²) in [5.41, 5.74) is 0.346. The van der Waals surface area contributed by atoms with Gasteiger partial charge in [0.05, 0.1) is 13.0 Å². The molecule has 7 heteroatoms. The summed E-state index contributed by atoms with van der Waals surface area (Å²) in [6.45, 7) is 1.62. The molecule has 3 N–H and O–H groups in total. The average Bonchev–Trinajstić information content (AvgIpc) is 2.39. The summed E-state index contributed by atoms with van der Waals surface area (Å²) in [4.78, 5) is 22.2. The number of aliphatic hydroxyl groups excluding tert-OH is 2. The number of rotatable bonds is 6. The Morgan fingerprint density at radius 2 is 2.00 bits per heavy atom. The number of hydrogen-bond donors (Lipinski definition) is 3. The maximum absolute atomic E-state index is 11.4. The fourth-order valence-electron chi connectivity index (χ4n) is 1.69. The highest BCUT2D eigenvalue weighted by Crippen LogP contribution is 2.26. The number of benzene rings is 1. The summed E-state index contributed by atoms with van der Waals surface area (Å²) in [7, 11) is 0. The van der Waals surface area contributed by atoms with E-state index in [-0.39, 0.29) is 29.2 Å². The second-order valence-corrected chi connectivity index (χ2v) is 4.49. The first-order valence-corrected chi connectivity index (χ1v) is 6.27. The van der Waals surface area contributed by atoms with Gasteiger partial charge in [-0.25, -0.2) is 4.79 Å². The first-order valence-electron chi connectivity index (χ1n) is 5.89. The molecule has 0 aromatic heterocycles. The molecule has 0 heterocycles. The van der Waals surface area contributed by atoms with E-state index in [1.165, 1.54) is 18.2 Å². The van der Waals surface area contributed by atoms with Crippen molar-refractivity contribution >= 4 is 23.5 Å². The van der Waals surface area contributed by atoms with Crippen LogP contribution in [0.4, 0.5) is 0 Å². The van der Waals surface area contributed by atoms with Gasteiger partial charge < -0.3 is 20.1 Å². The number of carboxylic acids is 1. The summed E-state index contributed by atoms with van der Waals surface area (Å²) in [6, 6.07) is 4.20. The second-order valence-electron chi connectivity index (χ2n) is 4.06. The van der Waals surface area contributed by atoms with Crippen molar-refractivity contribution in [3.05, 3.63) is 34.3 Å². The first-order chi connectivity index (χ1) is 9.36. The molecule has 0 spiro atoms. The molecule has 0 aliphatic heterocycles. The lowest BCUT2D eigenvalue weighted by atomic mass is 9.96. The van der Waals surface area contributed by atoms with Gasteiger partial charge in [-0.2, -0.15) is 0 Å². The molecule has 0 radical (unpaired) electrons. The normalized spacial score (nSPS) is 13.6. The number of carboxylic acid groups (broad SMARTS) is 1. The standard InChI is InChI=1S/C13H15ClO6/c1-2-20-13(19)12(18)11(17)9-6-8(14)4-3-7(9)5-10(15)16/h3-4,6,11-12,17-18H,2,5H2,1H3,(H,15,16). The largest absolute Gasteiger partial charge is 0.481 e. The summed E-state index contributed by atoms with van der Waals surface area (Å²) >= 11 is 5.79. The molecule has 2 atom stereocenters. The number of halogens is 1. The predicted octanol–water partition coefficient (Wildman–Crippen LogP) is 0.925. The minimum absolute atomic E-state index is 0.0557. The van der Waals surface area contributed by atoms with Crippen molar-refractivity contribution < 1.29 is 29.6 Å². The molecule has 0 bridgehead atoms. The number of ether oxygens (including phenoxy) is 1. The Kier molecular flexibility index (Phi) is 5.94. The van der Waals surface area contributed by atoms with Gasteiger partial charge in [0.25, 0.3) is 0 Å². The monoisotopic (exact) mass is 302 g/mol. The first kappa shape index (κ1) is 16.4. The van der Waals surface area contributed by atoms with Gasteiger partial charge in [-0.3, -0.25) is 4.79 Å². The molecule has 1 aromatic rings. The molecule has 0 aliphatic rings. The lowest BCUT2D eigenvalue weighted by molar-refractivity contribution is -0.159. The summed E-state index contributed by atoms with van der Waals surface area (Å²) in [6.07, 6.45) is -3.78. The number of hydrogen-bond acceptors (Lipinski definition) is 5. The van der Waals surface area contributed by atoms with Gasteiger partial charge in [0.1, 0.15) is 6.10 Å². The third-order valence-electron chi connectivity index (χ3n) is 2.60. The topological polar surface area (TPSA) is 104 Å². The zero-order valence-corrected chi connectivity index (χ0v) is 11.5. The van der Waals surface area contributed by atoms with Gasteiger partial charge in [0, 0.05) is 5.02 Å². The van der Waals surface area contributed by atoms with Crippen LogP contribution in [-0.2, 0) is 20.7 Å². The van der Waals surface area contributed by atoms with E-state index in [4.69, 9.17) is 16.7 Å². The van der Waals surface area contributed by atoms with Crippen molar-refractivity contribution in [2.45, 2.75) is 25.6 Å². The van der Waals surface area contributed by atoms with E-state index in [1.54, 1.807) is 6.92 Å². The SMILES string of the molecule is CCOC(=O)C(O)C(O)c1cc(Cl)ccc1CC(=O)O. The van der Waals surface area contributed by atoms with E-state index in [0.29, 0.717) is 0 Å². The van der Waals surface area contributed by atoms with Gasteiger partial charge in [0.15, 0.2) is 6.10 Å². The second kappa shape index (κ2) is 7.23. The van der Waals surface area contributed by atoms with E-state index >= 15 is 0 Å². The van der Waals surface area contributed by atoms with E-state index in [0.717, 1.165) is 0 Å². The Hall–Kier alpha value is -1.63. The molecule has 2 unspecified atom stereocenters. The molecule has 0 saturated carbocycles. The van der Waals surface area contributed by atoms with Crippen LogP contribution >= 0.6 is 11.6 Å². The van der Waals surface area contributed by atoms with Crippen LogP contribution < -0.4 is 0 Å². The quantitative estimate of drug-likeness (QED) is 0.675. The fraction of sp³-hybridized carbons (Fsp3) is 0.385. The van der Waals surface area contributed by atoms with E-state index in [1.807, 2.05) is 0 Å². The minimum atomic E-state index is -1.80. The highest BCUT2D eigenvalue weighted by atomic mass is 35.5. The van der Waals surface area contributed by atoms with Crippen molar-refractivity contribution in [2.24, 2.45) is 0 Å². The van der Waals surface area contributed by atoms with Crippen LogP contribution in [0.15, 0.2) is 18.2 Å². The maximum atomic E-state index is 11.4. The maximum Gasteiger partial charge on any atom is 0.338 e. The van der Waals surface area contributed by atoms with Crippen molar-refractivity contribution in [3.8, 4) is 0 Å². The molecule has 1 aromatic carbocycles. The Morgan fingerprint density at radius 1 is 1.35 bits per heavy atom. The van der Waals surface area contributed by atoms with E-state index < -0.39 is 24.1 Å². The number of carbonyl (C=O) groups is 2. The molecule has 0 aliphatic carbocycles. The van der Waals surface area contributed by atoms with Gasteiger partial charge in [-0.1, -0.05) is 17.7 Å². The van der Waals surface area contributed by atoms with Gasteiger partial charge in [-0.15, -0.1) is 0 Å². The molecule has 0 saturated heterocycles. The van der Waals surface area contributed by atoms with Crippen LogP contribution in [0.3, 0.4) is 0 Å². The predicted molar refractivity (Wildman–Crippen MR) is 70.4 cm³/mol. The lowest BCUT2D eigenvalue weighted by Crippen LogP contribution is -2.30. The molecule has 6 nitrogen and oxygen atoms in total. The summed E-state index contributed by atoms with van der Waals surface area (Å²) in [5.74, 6) is -2.09. The Morgan fingerprint density at radius 3 is 2.55 bits per heavy atom. The number of aliphatic carboxylic acids is 1. The van der Waals surface area contributed by atoms with Crippen LogP contribution in [0.25, 0.3) is 0 Å². The minimum Gasteiger partial charge on any atom is -0.481 e. The van der Waals surface area contributed by atoms with Gasteiger partial charge in [0.2, 0.25) is 0 Å². The van der Waals surface area contributed by atoms with Crippen LogP contribution in [0.5, 0.6) is 0 Å². The van der Waals surface area contributed by atoms with E-state index in [9.17, 15) is 19.8 Å². The third-order valence-corrected chi connectivity index (χ3v) is 2.83. The third kappa shape index (κ3) is 4.19. The zero-order chi connectivity index (χ0) is 15.3. The highest BCUT2D eigenvalue weighted by Gasteiger charge is 2.29. The Bertz CT molecular complexity index is 502.